The van der Waals surface area contributed by atoms with Crippen LogP contribution in [0.2, 0.25) is 0 Å². The lowest BCUT2D eigenvalue weighted by Gasteiger charge is -2.21. The number of carbonyl (C=O) groups excluding carboxylic acids is 1. The SMILES string of the molecule is NC(=O)c1ccc(N2CSCCSC2)cc1. The van der Waals surface area contributed by atoms with Crippen LogP contribution in [0.3, 0.4) is 0 Å². The number of hydrogen-bond acceptors (Lipinski definition) is 4. The Kier molecular flexibility index (Phi) is 4.01. The number of rotatable bonds is 2. The van der Waals surface area contributed by atoms with E-state index in [1.54, 1.807) is 12.1 Å². The maximum atomic E-state index is 10.9. The summed E-state index contributed by atoms with van der Waals surface area (Å²) in [5.74, 6) is 4.08. The van der Waals surface area contributed by atoms with E-state index in [2.05, 4.69) is 4.90 Å². The lowest BCUT2D eigenvalue weighted by molar-refractivity contribution is 0.100. The predicted molar refractivity (Wildman–Crippen MR) is 72.1 cm³/mol. The first kappa shape index (κ1) is 11.7. The molecule has 0 spiro atoms. The van der Waals surface area contributed by atoms with Crippen LogP contribution in [0.4, 0.5) is 5.69 Å². The molecule has 1 amide bonds. The van der Waals surface area contributed by atoms with Crippen LogP contribution in [0.5, 0.6) is 0 Å². The zero-order valence-electron chi connectivity index (χ0n) is 8.89. The van der Waals surface area contributed by atoms with Gasteiger partial charge in [-0.25, -0.2) is 0 Å². The average molecular weight is 254 g/mol. The van der Waals surface area contributed by atoms with Crippen molar-refractivity contribution in [2.75, 3.05) is 28.2 Å². The Morgan fingerprint density at radius 2 is 1.69 bits per heavy atom. The fraction of sp³-hybridized carbons (Fsp3) is 0.364. The van der Waals surface area contributed by atoms with Crippen LogP contribution in [-0.4, -0.2) is 29.2 Å². The Morgan fingerprint density at radius 3 is 2.19 bits per heavy atom. The Morgan fingerprint density at radius 1 is 1.12 bits per heavy atom. The van der Waals surface area contributed by atoms with E-state index < -0.39 is 0 Å². The average Bonchev–Trinajstić information content (AvgIpc) is 2.57. The van der Waals surface area contributed by atoms with Gasteiger partial charge in [0.15, 0.2) is 0 Å². The molecular formula is C11H14N2OS2. The van der Waals surface area contributed by atoms with Gasteiger partial charge in [-0.15, -0.1) is 23.5 Å². The Bertz CT molecular complexity index is 359. The molecule has 0 atom stereocenters. The van der Waals surface area contributed by atoms with E-state index in [0.29, 0.717) is 5.56 Å². The van der Waals surface area contributed by atoms with Gasteiger partial charge in [0, 0.05) is 22.8 Å². The highest BCUT2D eigenvalue weighted by molar-refractivity contribution is 8.03. The van der Waals surface area contributed by atoms with Crippen molar-refractivity contribution in [3.05, 3.63) is 29.8 Å². The van der Waals surface area contributed by atoms with Crippen molar-refractivity contribution in [3.8, 4) is 0 Å². The molecule has 1 aromatic rings. The second-order valence-electron chi connectivity index (χ2n) is 3.53. The van der Waals surface area contributed by atoms with E-state index >= 15 is 0 Å². The summed E-state index contributed by atoms with van der Waals surface area (Å²) in [5, 5.41) is 0. The Balaban J connectivity index is 2.10. The number of carbonyl (C=O) groups is 1. The van der Waals surface area contributed by atoms with E-state index in [-0.39, 0.29) is 5.91 Å². The van der Waals surface area contributed by atoms with Gasteiger partial charge in [0.25, 0.3) is 0 Å². The zero-order chi connectivity index (χ0) is 11.4. The molecular weight excluding hydrogens is 240 g/mol. The number of anilines is 1. The molecule has 16 heavy (non-hydrogen) atoms. The molecule has 2 rings (SSSR count). The molecule has 0 aromatic heterocycles. The topological polar surface area (TPSA) is 46.3 Å². The molecule has 1 saturated heterocycles. The number of primary amides is 1. The van der Waals surface area contributed by atoms with Crippen LogP contribution in [-0.2, 0) is 0 Å². The summed E-state index contributed by atoms with van der Waals surface area (Å²) < 4.78 is 0. The lowest BCUT2D eigenvalue weighted by atomic mass is 10.2. The summed E-state index contributed by atoms with van der Waals surface area (Å²) in [4.78, 5) is 13.3. The molecule has 0 saturated carbocycles. The minimum absolute atomic E-state index is 0.369. The van der Waals surface area contributed by atoms with Crippen LogP contribution >= 0.6 is 23.5 Å². The second kappa shape index (κ2) is 5.50. The highest BCUT2D eigenvalue weighted by Crippen LogP contribution is 2.24. The third-order valence-electron chi connectivity index (χ3n) is 2.38. The van der Waals surface area contributed by atoms with Crippen molar-refractivity contribution in [1.82, 2.24) is 0 Å². The lowest BCUT2D eigenvalue weighted by Crippen LogP contribution is -2.21. The third kappa shape index (κ3) is 2.86. The largest absolute Gasteiger partial charge is 0.366 e. The summed E-state index contributed by atoms with van der Waals surface area (Å²) in [6.07, 6.45) is 0. The zero-order valence-corrected chi connectivity index (χ0v) is 10.5. The van der Waals surface area contributed by atoms with Gasteiger partial charge in [-0.3, -0.25) is 4.79 Å². The number of benzene rings is 1. The van der Waals surface area contributed by atoms with Gasteiger partial charge in [0.1, 0.15) is 0 Å². The van der Waals surface area contributed by atoms with Crippen molar-refractivity contribution < 1.29 is 4.79 Å². The van der Waals surface area contributed by atoms with Crippen LogP contribution in [0.1, 0.15) is 10.4 Å². The molecule has 2 N–H and O–H groups in total. The Labute approximate surface area is 104 Å². The second-order valence-corrected chi connectivity index (χ2v) is 5.68. The smallest absolute Gasteiger partial charge is 0.248 e. The number of amides is 1. The maximum absolute atomic E-state index is 10.9. The van der Waals surface area contributed by atoms with E-state index in [1.165, 1.54) is 11.5 Å². The number of thioether (sulfide) groups is 2. The number of hydrogen-bond donors (Lipinski definition) is 1. The van der Waals surface area contributed by atoms with Crippen molar-refractivity contribution in [1.29, 1.82) is 0 Å². The van der Waals surface area contributed by atoms with E-state index in [9.17, 15) is 4.79 Å². The normalized spacial score (nSPS) is 16.9. The van der Waals surface area contributed by atoms with Crippen LogP contribution in [0, 0.1) is 0 Å². The van der Waals surface area contributed by atoms with Crippen LogP contribution in [0.25, 0.3) is 0 Å². The maximum Gasteiger partial charge on any atom is 0.248 e. The monoisotopic (exact) mass is 254 g/mol. The quantitative estimate of drug-likeness (QED) is 0.876. The summed E-state index contributed by atoms with van der Waals surface area (Å²) in [6.45, 7) is 0. The highest BCUT2D eigenvalue weighted by Gasteiger charge is 2.10. The van der Waals surface area contributed by atoms with Gasteiger partial charge in [0.05, 0.1) is 11.8 Å². The van der Waals surface area contributed by atoms with Crippen molar-refractivity contribution in [2.45, 2.75) is 0 Å². The molecule has 1 fully saturated rings. The fourth-order valence-corrected chi connectivity index (χ4v) is 3.73. The molecule has 0 bridgehead atoms. The molecule has 0 radical (unpaired) electrons. The molecule has 1 aromatic carbocycles. The van der Waals surface area contributed by atoms with Gasteiger partial charge >= 0.3 is 0 Å². The fourth-order valence-electron chi connectivity index (χ4n) is 1.49. The van der Waals surface area contributed by atoms with Crippen molar-refractivity contribution in [2.24, 2.45) is 5.73 Å². The van der Waals surface area contributed by atoms with E-state index in [0.717, 1.165) is 17.4 Å². The van der Waals surface area contributed by atoms with Crippen molar-refractivity contribution >= 4 is 35.1 Å². The molecule has 0 aliphatic carbocycles. The molecule has 1 heterocycles. The number of nitrogens with zero attached hydrogens (tertiary/aromatic N) is 1. The molecule has 0 unspecified atom stereocenters. The molecule has 1 aliphatic rings. The highest BCUT2D eigenvalue weighted by atomic mass is 32.2. The minimum atomic E-state index is -0.369. The van der Waals surface area contributed by atoms with E-state index in [4.69, 9.17) is 5.73 Å². The van der Waals surface area contributed by atoms with Gasteiger partial charge in [-0.2, -0.15) is 0 Å². The van der Waals surface area contributed by atoms with Gasteiger partial charge in [-0.05, 0) is 24.3 Å². The Hall–Kier alpha value is -0.810. The first-order valence-corrected chi connectivity index (χ1v) is 7.38. The molecule has 86 valence electrons. The summed E-state index contributed by atoms with van der Waals surface area (Å²) in [7, 11) is 0. The number of nitrogens with two attached hydrogens (primary N) is 1. The molecule has 3 nitrogen and oxygen atoms in total. The van der Waals surface area contributed by atoms with Gasteiger partial charge in [0.2, 0.25) is 5.91 Å². The first-order chi connectivity index (χ1) is 7.77. The standard InChI is InChI=1S/C11H14N2OS2/c12-11(14)9-1-3-10(4-2-9)13-7-15-5-6-16-8-13/h1-4H,5-8H2,(H2,12,14). The summed E-state index contributed by atoms with van der Waals surface area (Å²) >= 11 is 3.89. The predicted octanol–water partition coefficient (Wildman–Crippen LogP) is 1.99. The van der Waals surface area contributed by atoms with Crippen molar-refractivity contribution in [3.63, 3.8) is 0 Å². The van der Waals surface area contributed by atoms with E-state index in [1.807, 2.05) is 35.7 Å². The van der Waals surface area contributed by atoms with Crippen LogP contribution in [0.15, 0.2) is 24.3 Å². The summed E-state index contributed by atoms with van der Waals surface area (Å²) in [6, 6.07) is 7.51. The van der Waals surface area contributed by atoms with Crippen LogP contribution < -0.4 is 10.6 Å². The first-order valence-electron chi connectivity index (χ1n) is 5.07. The molecule has 1 aliphatic heterocycles. The van der Waals surface area contributed by atoms with Gasteiger partial charge in [-0.1, -0.05) is 0 Å². The summed E-state index contributed by atoms with van der Waals surface area (Å²) in [5.41, 5.74) is 6.93. The minimum Gasteiger partial charge on any atom is -0.366 e. The molecule has 5 heteroatoms. The van der Waals surface area contributed by atoms with Gasteiger partial charge < -0.3 is 10.6 Å². The third-order valence-corrected chi connectivity index (χ3v) is 4.62.